The molecule has 0 aliphatic rings. The van der Waals surface area contributed by atoms with Crippen molar-refractivity contribution in [3.63, 3.8) is 0 Å². The van der Waals surface area contributed by atoms with Crippen molar-refractivity contribution in [2.24, 2.45) is 0 Å². The molecule has 0 radical (unpaired) electrons. The van der Waals surface area contributed by atoms with Gasteiger partial charge in [-0.1, -0.05) is 52.1 Å². The number of aryl methyl sites for hydroxylation is 1. The Hall–Kier alpha value is -2.94. The van der Waals surface area contributed by atoms with Crippen molar-refractivity contribution in [1.82, 2.24) is 35.7 Å². The number of tetrazole rings is 1. The zero-order chi connectivity index (χ0) is 22.7. The van der Waals surface area contributed by atoms with Crippen LogP contribution in [-0.4, -0.2) is 42.9 Å². The molecule has 2 heterocycles. The number of nitrogens with one attached hydrogen (secondary N) is 2. The molecule has 0 atom stereocenters. The molecule has 1 amide bonds. The second kappa shape index (κ2) is 9.68. The molecule has 2 aromatic heterocycles. The van der Waals surface area contributed by atoms with Crippen LogP contribution < -0.4 is 5.32 Å². The third kappa shape index (κ3) is 4.77. The predicted molar refractivity (Wildman–Crippen MR) is 124 cm³/mol. The number of rotatable bonds is 7. The number of aromatic amines is 1. The van der Waals surface area contributed by atoms with E-state index in [1.54, 1.807) is 35.0 Å². The van der Waals surface area contributed by atoms with E-state index in [4.69, 9.17) is 34.8 Å². The average Bonchev–Trinajstić information content (AvgIpc) is 3.40. The van der Waals surface area contributed by atoms with Crippen LogP contribution in [0, 0.1) is 6.92 Å². The van der Waals surface area contributed by atoms with Crippen molar-refractivity contribution in [3.05, 3.63) is 74.6 Å². The van der Waals surface area contributed by atoms with Gasteiger partial charge in [-0.2, -0.15) is 10.3 Å². The van der Waals surface area contributed by atoms with E-state index in [0.717, 1.165) is 11.3 Å². The third-order valence-corrected chi connectivity index (χ3v) is 5.63. The van der Waals surface area contributed by atoms with Gasteiger partial charge >= 0.3 is 0 Å². The normalized spacial score (nSPS) is 11.0. The minimum absolute atomic E-state index is 0.283. The van der Waals surface area contributed by atoms with Crippen LogP contribution >= 0.6 is 34.8 Å². The highest BCUT2D eigenvalue weighted by Crippen LogP contribution is 2.33. The number of benzene rings is 2. The van der Waals surface area contributed by atoms with Crippen LogP contribution in [0.4, 0.5) is 0 Å². The van der Waals surface area contributed by atoms with E-state index >= 15 is 0 Å². The number of hydrogen-bond donors (Lipinski definition) is 2. The van der Waals surface area contributed by atoms with E-state index in [0.29, 0.717) is 57.2 Å². The fourth-order valence-corrected chi connectivity index (χ4v) is 3.92. The Bertz CT molecular complexity index is 1240. The molecule has 0 aliphatic carbocycles. The van der Waals surface area contributed by atoms with Crippen molar-refractivity contribution >= 4 is 40.7 Å². The van der Waals surface area contributed by atoms with Gasteiger partial charge in [-0.15, -0.1) is 10.2 Å². The summed E-state index contributed by atoms with van der Waals surface area (Å²) in [7, 11) is 0. The Morgan fingerprint density at radius 2 is 1.84 bits per heavy atom. The van der Waals surface area contributed by atoms with Crippen LogP contribution in [0.2, 0.25) is 15.1 Å². The van der Waals surface area contributed by atoms with Crippen LogP contribution in [-0.2, 0) is 6.42 Å². The van der Waals surface area contributed by atoms with Crippen LogP contribution in [0.5, 0.6) is 0 Å². The lowest BCUT2D eigenvalue weighted by molar-refractivity contribution is 0.0947. The maximum absolute atomic E-state index is 12.9. The summed E-state index contributed by atoms with van der Waals surface area (Å²) in [6, 6.07) is 12.5. The second-order valence-electron chi connectivity index (χ2n) is 7.02. The van der Waals surface area contributed by atoms with Gasteiger partial charge in [0.05, 0.1) is 16.4 Å². The Balaban J connectivity index is 1.65. The molecule has 0 unspecified atom stereocenters. The summed E-state index contributed by atoms with van der Waals surface area (Å²) in [6.07, 6.45) is 1.26. The number of H-pyrrole nitrogens is 1. The molecular formula is C21H18Cl3N7O. The molecule has 0 saturated heterocycles. The van der Waals surface area contributed by atoms with E-state index in [2.05, 4.69) is 31.0 Å². The molecule has 0 spiro atoms. The van der Waals surface area contributed by atoms with Crippen LogP contribution in [0.15, 0.2) is 42.5 Å². The topological polar surface area (TPSA) is 101 Å². The summed E-state index contributed by atoms with van der Waals surface area (Å²) < 4.78 is 1.66. The molecule has 0 aliphatic heterocycles. The fourth-order valence-electron chi connectivity index (χ4n) is 3.31. The number of carbonyl (C=O) groups is 1. The van der Waals surface area contributed by atoms with Crippen molar-refractivity contribution in [3.8, 4) is 16.9 Å². The number of halogens is 3. The van der Waals surface area contributed by atoms with Gasteiger partial charge in [-0.25, -0.2) is 4.68 Å². The molecule has 2 aromatic carbocycles. The highest BCUT2D eigenvalue weighted by atomic mass is 35.5. The largest absolute Gasteiger partial charge is 0.351 e. The van der Waals surface area contributed by atoms with Crippen LogP contribution in [0.3, 0.4) is 0 Å². The molecule has 11 heteroatoms. The molecule has 32 heavy (non-hydrogen) atoms. The molecule has 0 fully saturated rings. The van der Waals surface area contributed by atoms with E-state index in [9.17, 15) is 4.79 Å². The molecule has 2 N–H and O–H groups in total. The third-order valence-electron chi connectivity index (χ3n) is 4.84. The summed E-state index contributed by atoms with van der Waals surface area (Å²) in [5, 5.41) is 22.8. The lowest BCUT2D eigenvalue weighted by atomic mass is 10.1. The lowest BCUT2D eigenvalue weighted by Crippen LogP contribution is -2.26. The maximum Gasteiger partial charge on any atom is 0.272 e. The minimum atomic E-state index is -0.283. The first kappa shape index (κ1) is 22.3. The first-order valence-electron chi connectivity index (χ1n) is 9.75. The Labute approximate surface area is 198 Å². The standard InChI is InChI=1S/C21H18Cl3N7O/c1-12-19(21(32)25-10-2-3-18-26-29-30-27-18)28-31(17-9-8-15(23)11-16(17)24)20(12)13-4-6-14(22)7-5-13/h4-9,11H,2-3,10H2,1H3,(H,25,32)(H,26,27,29,30). The van der Waals surface area contributed by atoms with Gasteiger partial charge in [0.1, 0.15) is 0 Å². The van der Waals surface area contributed by atoms with Crippen molar-refractivity contribution in [1.29, 1.82) is 0 Å². The summed E-state index contributed by atoms with van der Waals surface area (Å²) in [4.78, 5) is 12.9. The molecule has 0 bridgehead atoms. The molecule has 4 aromatic rings. The van der Waals surface area contributed by atoms with Gasteiger partial charge in [-0.05, 0) is 43.7 Å². The second-order valence-corrected chi connectivity index (χ2v) is 8.30. The summed E-state index contributed by atoms with van der Waals surface area (Å²) in [5.41, 5.74) is 3.22. The van der Waals surface area contributed by atoms with Crippen molar-refractivity contribution < 1.29 is 4.79 Å². The highest BCUT2D eigenvalue weighted by molar-refractivity contribution is 6.35. The van der Waals surface area contributed by atoms with E-state index in [1.165, 1.54) is 0 Å². The van der Waals surface area contributed by atoms with E-state index < -0.39 is 0 Å². The van der Waals surface area contributed by atoms with Gasteiger partial charge in [0.15, 0.2) is 11.5 Å². The first-order valence-corrected chi connectivity index (χ1v) is 10.9. The fraction of sp³-hybridized carbons (Fsp3) is 0.190. The van der Waals surface area contributed by atoms with Gasteiger partial charge in [0.25, 0.3) is 5.91 Å². The number of amides is 1. The number of carbonyl (C=O) groups excluding carboxylic acids is 1. The average molecular weight is 491 g/mol. The zero-order valence-corrected chi connectivity index (χ0v) is 19.2. The van der Waals surface area contributed by atoms with E-state index in [-0.39, 0.29) is 5.91 Å². The van der Waals surface area contributed by atoms with Crippen molar-refractivity contribution in [2.45, 2.75) is 19.8 Å². The number of aromatic nitrogens is 6. The SMILES string of the molecule is Cc1c(C(=O)NCCCc2nn[nH]n2)nn(-c2ccc(Cl)cc2Cl)c1-c1ccc(Cl)cc1. The van der Waals surface area contributed by atoms with Crippen molar-refractivity contribution in [2.75, 3.05) is 6.54 Å². The Morgan fingerprint density at radius 3 is 2.53 bits per heavy atom. The summed E-state index contributed by atoms with van der Waals surface area (Å²) >= 11 is 18.6. The van der Waals surface area contributed by atoms with Crippen LogP contribution in [0.1, 0.15) is 28.3 Å². The Morgan fingerprint density at radius 1 is 1.09 bits per heavy atom. The minimum Gasteiger partial charge on any atom is -0.351 e. The summed E-state index contributed by atoms with van der Waals surface area (Å²) in [6.45, 7) is 2.29. The van der Waals surface area contributed by atoms with Gasteiger partial charge in [0.2, 0.25) is 0 Å². The molecule has 164 valence electrons. The molecule has 4 rings (SSSR count). The zero-order valence-electron chi connectivity index (χ0n) is 16.9. The van der Waals surface area contributed by atoms with E-state index in [1.807, 2.05) is 19.1 Å². The van der Waals surface area contributed by atoms with Crippen LogP contribution in [0.25, 0.3) is 16.9 Å². The first-order chi connectivity index (χ1) is 15.4. The molecule has 8 nitrogen and oxygen atoms in total. The maximum atomic E-state index is 12.9. The van der Waals surface area contributed by atoms with Gasteiger partial charge in [0, 0.05) is 34.1 Å². The molecule has 0 saturated carbocycles. The highest BCUT2D eigenvalue weighted by Gasteiger charge is 2.23. The quantitative estimate of drug-likeness (QED) is 0.366. The summed E-state index contributed by atoms with van der Waals surface area (Å²) in [5.74, 6) is 0.316. The van der Waals surface area contributed by atoms with Gasteiger partial charge < -0.3 is 5.32 Å². The number of hydrogen-bond acceptors (Lipinski definition) is 5. The smallest absolute Gasteiger partial charge is 0.272 e. The monoisotopic (exact) mass is 489 g/mol. The Kier molecular flexibility index (Phi) is 6.74. The number of nitrogens with zero attached hydrogens (tertiary/aromatic N) is 5. The predicted octanol–water partition coefficient (Wildman–Crippen LogP) is 4.68. The lowest BCUT2D eigenvalue weighted by Gasteiger charge is -2.11. The molecular weight excluding hydrogens is 473 g/mol. The van der Waals surface area contributed by atoms with Gasteiger partial charge in [-0.3, -0.25) is 4.79 Å².